The third-order valence-corrected chi connectivity index (χ3v) is 2.50. The summed E-state index contributed by atoms with van der Waals surface area (Å²) in [6.45, 7) is 2.99. The molecule has 13 heavy (non-hydrogen) atoms. The zero-order valence-electron chi connectivity index (χ0n) is 8.77. The minimum atomic E-state index is 0.213. The van der Waals surface area contributed by atoms with Crippen LogP contribution < -0.4 is 5.32 Å². The maximum absolute atomic E-state index is 11.2. The fraction of sp³-hybridized carbons (Fsp3) is 0.900. The fourth-order valence-electron chi connectivity index (χ4n) is 1.09. The first-order valence-corrected chi connectivity index (χ1v) is 6.46. The summed E-state index contributed by atoms with van der Waals surface area (Å²) in [5.74, 6) is 1.23. The van der Waals surface area contributed by atoms with Crippen LogP contribution in [-0.2, 0) is 4.79 Å². The first-order chi connectivity index (χ1) is 6.31. The van der Waals surface area contributed by atoms with Crippen molar-refractivity contribution in [1.82, 2.24) is 5.32 Å². The van der Waals surface area contributed by atoms with Gasteiger partial charge in [0.1, 0.15) is 0 Å². The van der Waals surface area contributed by atoms with Crippen LogP contribution in [0.4, 0.5) is 0 Å². The van der Waals surface area contributed by atoms with E-state index in [0.717, 1.165) is 18.7 Å². The van der Waals surface area contributed by atoms with Gasteiger partial charge in [0, 0.05) is 18.7 Å². The Morgan fingerprint density at radius 1 is 1.31 bits per heavy atom. The van der Waals surface area contributed by atoms with Crippen molar-refractivity contribution < 1.29 is 4.79 Å². The van der Waals surface area contributed by atoms with Crippen molar-refractivity contribution >= 4 is 17.7 Å². The predicted octanol–water partition coefficient (Wildman–Crippen LogP) is 2.44. The maximum atomic E-state index is 11.2. The molecule has 0 aliphatic carbocycles. The number of amides is 1. The average Bonchev–Trinajstić information content (AvgIpc) is 2.13. The van der Waals surface area contributed by atoms with Gasteiger partial charge in [0.2, 0.25) is 5.91 Å². The Morgan fingerprint density at radius 3 is 2.69 bits per heavy atom. The van der Waals surface area contributed by atoms with Gasteiger partial charge in [0.05, 0.1) is 0 Å². The van der Waals surface area contributed by atoms with Gasteiger partial charge in [-0.05, 0) is 12.7 Å². The lowest BCUT2D eigenvalue weighted by atomic mass is 10.1. The Hall–Kier alpha value is -0.180. The lowest BCUT2D eigenvalue weighted by Gasteiger charge is -2.03. The number of rotatable bonds is 8. The molecular weight excluding hydrogens is 182 g/mol. The summed E-state index contributed by atoms with van der Waals surface area (Å²) >= 11 is 1.76. The minimum Gasteiger partial charge on any atom is -0.355 e. The molecule has 1 N–H and O–H groups in total. The van der Waals surface area contributed by atoms with Gasteiger partial charge in [-0.2, -0.15) is 11.8 Å². The highest BCUT2D eigenvalue weighted by Gasteiger charge is 1.98. The first kappa shape index (κ1) is 12.8. The Labute approximate surface area is 85.9 Å². The Bertz CT molecular complexity index is 128. The van der Waals surface area contributed by atoms with Gasteiger partial charge in [-0.15, -0.1) is 0 Å². The number of thioether (sulfide) groups is 1. The van der Waals surface area contributed by atoms with Crippen LogP contribution in [0.1, 0.15) is 39.0 Å². The van der Waals surface area contributed by atoms with E-state index in [1.165, 1.54) is 19.3 Å². The van der Waals surface area contributed by atoms with E-state index in [4.69, 9.17) is 0 Å². The van der Waals surface area contributed by atoms with Gasteiger partial charge in [-0.25, -0.2) is 0 Å². The standard InChI is InChI=1S/C10H21NOS/c1-3-4-5-6-7-10(12)11-8-9-13-2/h3-9H2,1-2H3,(H,11,12). The Balaban J connectivity index is 3.11. The molecule has 0 saturated heterocycles. The second kappa shape index (κ2) is 9.90. The molecule has 0 aliphatic heterocycles. The molecule has 0 fully saturated rings. The summed E-state index contributed by atoms with van der Waals surface area (Å²) in [4.78, 5) is 11.2. The van der Waals surface area contributed by atoms with E-state index >= 15 is 0 Å². The third kappa shape index (κ3) is 9.74. The molecule has 0 saturated carbocycles. The minimum absolute atomic E-state index is 0.213. The molecule has 0 unspecified atom stereocenters. The fourth-order valence-corrected chi connectivity index (χ4v) is 1.40. The zero-order valence-corrected chi connectivity index (χ0v) is 9.58. The van der Waals surface area contributed by atoms with Crippen LogP contribution in [0.25, 0.3) is 0 Å². The molecule has 2 nitrogen and oxygen atoms in total. The molecule has 3 heteroatoms. The van der Waals surface area contributed by atoms with Crippen molar-refractivity contribution in [2.75, 3.05) is 18.6 Å². The van der Waals surface area contributed by atoms with Gasteiger partial charge >= 0.3 is 0 Å². The molecule has 78 valence electrons. The van der Waals surface area contributed by atoms with Gasteiger partial charge in [0.15, 0.2) is 0 Å². The Morgan fingerprint density at radius 2 is 2.08 bits per heavy atom. The van der Waals surface area contributed by atoms with Crippen molar-refractivity contribution in [2.45, 2.75) is 39.0 Å². The monoisotopic (exact) mass is 203 g/mol. The molecule has 0 aliphatic rings. The number of nitrogens with one attached hydrogen (secondary N) is 1. The number of hydrogen-bond acceptors (Lipinski definition) is 2. The Kier molecular flexibility index (Phi) is 9.77. The van der Waals surface area contributed by atoms with Crippen molar-refractivity contribution in [3.8, 4) is 0 Å². The molecule has 0 rings (SSSR count). The highest BCUT2D eigenvalue weighted by atomic mass is 32.2. The van der Waals surface area contributed by atoms with Gasteiger partial charge in [-0.3, -0.25) is 4.79 Å². The van der Waals surface area contributed by atoms with Crippen molar-refractivity contribution in [1.29, 1.82) is 0 Å². The number of unbranched alkanes of at least 4 members (excludes halogenated alkanes) is 3. The number of hydrogen-bond donors (Lipinski definition) is 1. The molecule has 0 aromatic rings. The number of carbonyl (C=O) groups excluding carboxylic acids is 1. The van der Waals surface area contributed by atoms with Crippen LogP contribution in [0, 0.1) is 0 Å². The quantitative estimate of drug-likeness (QED) is 0.614. The molecule has 0 atom stereocenters. The summed E-state index contributed by atoms with van der Waals surface area (Å²) in [5, 5.41) is 2.90. The second-order valence-electron chi connectivity index (χ2n) is 3.15. The SMILES string of the molecule is CCCCCCC(=O)NCCSC. The number of carbonyl (C=O) groups is 1. The third-order valence-electron chi connectivity index (χ3n) is 1.89. The van der Waals surface area contributed by atoms with Crippen LogP contribution >= 0.6 is 11.8 Å². The summed E-state index contributed by atoms with van der Waals surface area (Å²) in [6.07, 6.45) is 7.46. The predicted molar refractivity (Wildman–Crippen MR) is 60.2 cm³/mol. The van der Waals surface area contributed by atoms with E-state index < -0.39 is 0 Å². The summed E-state index contributed by atoms with van der Waals surface area (Å²) in [5.41, 5.74) is 0. The maximum Gasteiger partial charge on any atom is 0.220 e. The molecule has 0 bridgehead atoms. The molecule has 1 amide bonds. The van der Waals surface area contributed by atoms with Gasteiger partial charge in [-0.1, -0.05) is 26.2 Å². The lowest BCUT2D eigenvalue weighted by Crippen LogP contribution is -2.25. The van der Waals surface area contributed by atoms with E-state index in [9.17, 15) is 4.79 Å². The summed E-state index contributed by atoms with van der Waals surface area (Å²) in [7, 11) is 0. The van der Waals surface area contributed by atoms with Crippen LogP contribution in [-0.4, -0.2) is 24.5 Å². The second-order valence-corrected chi connectivity index (χ2v) is 4.14. The molecule has 0 heterocycles. The molecule has 0 radical (unpaired) electrons. The molecular formula is C10H21NOS. The van der Waals surface area contributed by atoms with E-state index in [1.54, 1.807) is 11.8 Å². The van der Waals surface area contributed by atoms with Crippen LogP contribution in [0.3, 0.4) is 0 Å². The molecule has 0 spiro atoms. The summed E-state index contributed by atoms with van der Waals surface area (Å²) < 4.78 is 0. The lowest BCUT2D eigenvalue weighted by molar-refractivity contribution is -0.121. The van der Waals surface area contributed by atoms with Crippen LogP contribution in [0.15, 0.2) is 0 Å². The van der Waals surface area contributed by atoms with Gasteiger partial charge in [0.25, 0.3) is 0 Å². The van der Waals surface area contributed by atoms with E-state index in [2.05, 4.69) is 12.2 Å². The highest BCUT2D eigenvalue weighted by molar-refractivity contribution is 7.98. The molecule has 0 aromatic heterocycles. The summed E-state index contributed by atoms with van der Waals surface area (Å²) in [6, 6.07) is 0. The van der Waals surface area contributed by atoms with Crippen LogP contribution in [0.2, 0.25) is 0 Å². The van der Waals surface area contributed by atoms with Crippen LogP contribution in [0.5, 0.6) is 0 Å². The largest absolute Gasteiger partial charge is 0.355 e. The average molecular weight is 203 g/mol. The van der Waals surface area contributed by atoms with Crippen molar-refractivity contribution in [2.24, 2.45) is 0 Å². The topological polar surface area (TPSA) is 29.1 Å². The smallest absolute Gasteiger partial charge is 0.220 e. The van der Waals surface area contributed by atoms with E-state index in [-0.39, 0.29) is 5.91 Å². The molecule has 0 aromatic carbocycles. The van der Waals surface area contributed by atoms with Gasteiger partial charge < -0.3 is 5.32 Å². The normalized spacial score (nSPS) is 10.0. The zero-order chi connectivity index (χ0) is 9.94. The van der Waals surface area contributed by atoms with Crippen molar-refractivity contribution in [3.63, 3.8) is 0 Å². The van der Waals surface area contributed by atoms with E-state index in [1.807, 2.05) is 6.26 Å². The van der Waals surface area contributed by atoms with Crippen molar-refractivity contribution in [3.05, 3.63) is 0 Å². The first-order valence-electron chi connectivity index (χ1n) is 5.07. The highest BCUT2D eigenvalue weighted by Crippen LogP contribution is 2.01. The van der Waals surface area contributed by atoms with E-state index in [0.29, 0.717) is 6.42 Å².